The van der Waals surface area contributed by atoms with Crippen LogP contribution in [0.2, 0.25) is 0 Å². The van der Waals surface area contributed by atoms with Crippen LogP contribution in [0.1, 0.15) is 37.0 Å². The van der Waals surface area contributed by atoms with Crippen LogP contribution in [-0.4, -0.2) is 11.3 Å². The molecular weight excluding hydrogens is 193 g/mol. The highest BCUT2D eigenvalue weighted by molar-refractivity contribution is 6.02. The molecule has 82 valence electrons. The molecule has 0 unspecified atom stereocenters. The standard InChI is InChI=1S/C12H16FNO/c1-3-12(14,4-2)11(15)9-5-7-10(13)8-6-9/h5-8H,3-4,14H2,1-2H3. The minimum Gasteiger partial charge on any atom is -0.319 e. The Hall–Kier alpha value is -1.22. The van der Waals surface area contributed by atoms with Crippen molar-refractivity contribution in [2.75, 3.05) is 0 Å². The Labute approximate surface area is 89.3 Å². The van der Waals surface area contributed by atoms with E-state index in [1.807, 2.05) is 13.8 Å². The SMILES string of the molecule is CCC(N)(CC)C(=O)c1ccc(F)cc1. The Morgan fingerprint density at radius 2 is 1.73 bits per heavy atom. The van der Waals surface area contributed by atoms with Gasteiger partial charge in [0.2, 0.25) is 0 Å². The average molecular weight is 209 g/mol. The normalized spacial score (nSPS) is 11.5. The molecule has 0 bridgehead atoms. The second kappa shape index (κ2) is 4.53. The van der Waals surface area contributed by atoms with Crippen molar-refractivity contribution in [3.8, 4) is 0 Å². The summed E-state index contributed by atoms with van der Waals surface area (Å²) in [6.45, 7) is 3.76. The third kappa shape index (κ3) is 2.42. The molecule has 0 amide bonds. The van der Waals surface area contributed by atoms with Gasteiger partial charge in [0.1, 0.15) is 5.82 Å². The van der Waals surface area contributed by atoms with Gasteiger partial charge in [0, 0.05) is 5.56 Å². The van der Waals surface area contributed by atoms with Gasteiger partial charge in [-0.1, -0.05) is 13.8 Å². The lowest BCUT2D eigenvalue weighted by molar-refractivity contribution is 0.0879. The average Bonchev–Trinajstić information content (AvgIpc) is 2.28. The zero-order chi connectivity index (χ0) is 11.5. The van der Waals surface area contributed by atoms with Gasteiger partial charge < -0.3 is 5.73 Å². The number of nitrogens with two attached hydrogens (primary N) is 1. The number of rotatable bonds is 4. The number of carbonyl (C=O) groups is 1. The monoisotopic (exact) mass is 209 g/mol. The molecule has 0 aliphatic heterocycles. The number of benzene rings is 1. The van der Waals surface area contributed by atoms with E-state index in [2.05, 4.69) is 0 Å². The summed E-state index contributed by atoms with van der Waals surface area (Å²) in [6.07, 6.45) is 1.17. The first-order chi connectivity index (χ1) is 7.03. The number of hydrogen-bond acceptors (Lipinski definition) is 2. The first-order valence-corrected chi connectivity index (χ1v) is 5.12. The van der Waals surface area contributed by atoms with Gasteiger partial charge in [-0.15, -0.1) is 0 Å². The maximum atomic E-state index is 12.7. The van der Waals surface area contributed by atoms with E-state index in [-0.39, 0.29) is 11.6 Å². The van der Waals surface area contributed by atoms with Crippen LogP contribution in [0.5, 0.6) is 0 Å². The quantitative estimate of drug-likeness (QED) is 0.774. The van der Waals surface area contributed by atoms with Crippen LogP contribution in [-0.2, 0) is 0 Å². The molecule has 0 saturated heterocycles. The number of ketones is 1. The molecule has 0 spiro atoms. The summed E-state index contributed by atoms with van der Waals surface area (Å²) in [6, 6.07) is 5.51. The third-order valence-electron chi connectivity index (χ3n) is 2.82. The van der Waals surface area contributed by atoms with Crippen LogP contribution in [0.25, 0.3) is 0 Å². The van der Waals surface area contributed by atoms with Gasteiger partial charge in [0.15, 0.2) is 5.78 Å². The molecule has 3 heteroatoms. The van der Waals surface area contributed by atoms with Crippen molar-refractivity contribution in [2.45, 2.75) is 32.2 Å². The molecule has 15 heavy (non-hydrogen) atoms. The molecule has 0 aromatic heterocycles. The van der Waals surface area contributed by atoms with Crippen molar-refractivity contribution in [3.05, 3.63) is 35.6 Å². The van der Waals surface area contributed by atoms with E-state index in [4.69, 9.17) is 5.73 Å². The minimum atomic E-state index is -0.822. The second-order valence-corrected chi connectivity index (χ2v) is 3.70. The van der Waals surface area contributed by atoms with Crippen LogP contribution in [0, 0.1) is 5.82 Å². The van der Waals surface area contributed by atoms with Crippen molar-refractivity contribution in [1.82, 2.24) is 0 Å². The largest absolute Gasteiger partial charge is 0.319 e. The topological polar surface area (TPSA) is 43.1 Å². The lowest BCUT2D eigenvalue weighted by Crippen LogP contribution is -2.46. The van der Waals surface area contributed by atoms with E-state index in [1.165, 1.54) is 24.3 Å². The molecule has 0 heterocycles. The fraction of sp³-hybridized carbons (Fsp3) is 0.417. The molecule has 1 aromatic rings. The fourth-order valence-electron chi connectivity index (χ4n) is 1.46. The molecule has 0 atom stereocenters. The highest BCUT2D eigenvalue weighted by Crippen LogP contribution is 2.18. The summed E-state index contributed by atoms with van der Waals surface area (Å²) in [5, 5.41) is 0. The van der Waals surface area contributed by atoms with E-state index < -0.39 is 5.54 Å². The maximum absolute atomic E-state index is 12.7. The smallest absolute Gasteiger partial charge is 0.182 e. The Morgan fingerprint density at radius 3 is 2.13 bits per heavy atom. The van der Waals surface area contributed by atoms with Crippen molar-refractivity contribution < 1.29 is 9.18 Å². The summed E-state index contributed by atoms with van der Waals surface area (Å²) < 4.78 is 12.7. The highest BCUT2D eigenvalue weighted by Gasteiger charge is 2.30. The van der Waals surface area contributed by atoms with Gasteiger partial charge in [-0.3, -0.25) is 4.79 Å². The summed E-state index contributed by atoms with van der Waals surface area (Å²) in [7, 11) is 0. The van der Waals surface area contributed by atoms with Crippen molar-refractivity contribution in [3.63, 3.8) is 0 Å². The molecular formula is C12H16FNO. The Morgan fingerprint density at radius 1 is 1.27 bits per heavy atom. The summed E-state index contributed by atoms with van der Waals surface area (Å²) in [4.78, 5) is 12.0. The molecule has 0 saturated carbocycles. The Kier molecular flexibility index (Phi) is 3.58. The molecule has 0 fully saturated rings. The van der Waals surface area contributed by atoms with Gasteiger partial charge in [0.05, 0.1) is 5.54 Å². The predicted octanol–water partition coefficient (Wildman–Crippen LogP) is 2.53. The maximum Gasteiger partial charge on any atom is 0.182 e. The number of halogens is 1. The van der Waals surface area contributed by atoms with Gasteiger partial charge in [0.25, 0.3) is 0 Å². The number of hydrogen-bond donors (Lipinski definition) is 1. The minimum absolute atomic E-state index is 0.118. The van der Waals surface area contributed by atoms with Crippen molar-refractivity contribution >= 4 is 5.78 Å². The van der Waals surface area contributed by atoms with E-state index in [9.17, 15) is 9.18 Å². The first-order valence-electron chi connectivity index (χ1n) is 5.12. The zero-order valence-corrected chi connectivity index (χ0v) is 9.09. The van der Waals surface area contributed by atoms with Gasteiger partial charge >= 0.3 is 0 Å². The first kappa shape index (κ1) is 11.9. The number of Topliss-reactive ketones (excluding diaryl/α,β-unsaturated/α-hetero) is 1. The Balaban J connectivity index is 2.98. The van der Waals surface area contributed by atoms with Crippen LogP contribution in [0.15, 0.2) is 24.3 Å². The third-order valence-corrected chi connectivity index (χ3v) is 2.82. The number of carbonyl (C=O) groups excluding carboxylic acids is 1. The molecule has 2 N–H and O–H groups in total. The summed E-state index contributed by atoms with van der Waals surface area (Å²) in [5.74, 6) is -0.463. The molecule has 1 rings (SSSR count). The summed E-state index contributed by atoms with van der Waals surface area (Å²) >= 11 is 0. The molecule has 0 aliphatic carbocycles. The van der Waals surface area contributed by atoms with E-state index in [0.717, 1.165) is 0 Å². The van der Waals surface area contributed by atoms with E-state index >= 15 is 0 Å². The Bertz CT molecular complexity index is 341. The van der Waals surface area contributed by atoms with Crippen LogP contribution in [0.3, 0.4) is 0 Å². The lowest BCUT2D eigenvalue weighted by atomic mass is 9.85. The van der Waals surface area contributed by atoms with Gasteiger partial charge in [-0.25, -0.2) is 4.39 Å². The van der Waals surface area contributed by atoms with Crippen molar-refractivity contribution in [1.29, 1.82) is 0 Å². The van der Waals surface area contributed by atoms with Crippen molar-refractivity contribution in [2.24, 2.45) is 5.73 Å². The molecule has 0 aliphatic rings. The molecule has 1 aromatic carbocycles. The van der Waals surface area contributed by atoms with Crippen LogP contribution in [0.4, 0.5) is 4.39 Å². The highest BCUT2D eigenvalue weighted by atomic mass is 19.1. The fourth-order valence-corrected chi connectivity index (χ4v) is 1.46. The zero-order valence-electron chi connectivity index (χ0n) is 9.09. The second-order valence-electron chi connectivity index (χ2n) is 3.70. The lowest BCUT2D eigenvalue weighted by Gasteiger charge is -2.24. The van der Waals surface area contributed by atoms with Gasteiger partial charge in [-0.05, 0) is 37.1 Å². The molecule has 0 radical (unpaired) electrons. The molecule has 2 nitrogen and oxygen atoms in total. The van der Waals surface area contributed by atoms with Gasteiger partial charge in [-0.2, -0.15) is 0 Å². The predicted molar refractivity (Wildman–Crippen MR) is 58.2 cm³/mol. The van der Waals surface area contributed by atoms with E-state index in [1.54, 1.807) is 0 Å². The van der Waals surface area contributed by atoms with Crippen LogP contribution >= 0.6 is 0 Å². The van der Waals surface area contributed by atoms with Crippen LogP contribution < -0.4 is 5.73 Å². The van der Waals surface area contributed by atoms with E-state index in [0.29, 0.717) is 18.4 Å². The summed E-state index contributed by atoms with van der Waals surface area (Å²) in [5.41, 5.74) is 5.62.